The molecule has 1 aliphatic heterocycles. The minimum Gasteiger partial charge on any atom is -0.303 e. The molecule has 2 rings (SSSR count). The molecular formula is C20H31NO2S. The number of hydrogen-bond donors (Lipinski definition) is 0. The van der Waals surface area contributed by atoms with Crippen LogP contribution < -0.4 is 0 Å². The van der Waals surface area contributed by atoms with Crippen molar-refractivity contribution < 1.29 is 8.42 Å². The second kappa shape index (κ2) is 7.83. The van der Waals surface area contributed by atoms with Crippen LogP contribution in [0, 0.1) is 5.92 Å². The molecule has 0 bridgehead atoms. The van der Waals surface area contributed by atoms with Gasteiger partial charge < -0.3 is 4.90 Å². The molecule has 0 N–H and O–H groups in total. The van der Waals surface area contributed by atoms with Crippen molar-refractivity contribution in [3.63, 3.8) is 0 Å². The summed E-state index contributed by atoms with van der Waals surface area (Å²) in [5.74, 6) is 0.597. The molecule has 1 saturated heterocycles. The highest BCUT2D eigenvalue weighted by atomic mass is 32.2. The van der Waals surface area contributed by atoms with Crippen LogP contribution in [0.3, 0.4) is 0 Å². The number of hydrogen-bond acceptors (Lipinski definition) is 3. The smallest absolute Gasteiger partial charge is 0.183 e. The van der Waals surface area contributed by atoms with Crippen LogP contribution in [-0.2, 0) is 9.84 Å². The molecule has 0 aliphatic carbocycles. The summed E-state index contributed by atoms with van der Waals surface area (Å²) in [6.45, 7) is 13.1. The number of piperidine rings is 1. The van der Waals surface area contributed by atoms with Crippen molar-refractivity contribution in [1.82, 2.24) is 4.90 Å². The molecule has 1 unspecified atom stereocenters. The van der Waals surface area contributed by atoms with Crippen molar-refractivity contribution in [2.24, 2.45) is 5.92 Å². The largest absolute Gasteiger partial charge is 0.303 e. The van der Waals surface area contributed by atoms with Gasteiger partial charge in [0, 0.05) is 6.54 Å². The second-order valence-electron chi connectivity index (χ2n) is 7.67. The summed E-state index contributed by atoms with van der Waals surface area (Å²) in [5, 5.41) is 0. The van der Waals surface area contributed by atoms with Crippen LogP contribution in [0.1, 0.15) is 46.5 Å². The quantitative estimate of drug-likeness (QED) is 0.689. The fourth-order valence-electron chi connectivity index (χ4n) is 3.44. The lowest BCUT2D eigenvalue weighted by molar-refractivity contribution is 0.187. The van der Waals surface area contributed by atoms with Crippen LogP contribution in [0.15, 0.2) is 47.4 Å². The third-order valence-corrected chi connectivity index (χ3v) is 7.79. The summed E-state index contributed by atoms with van der Waals surface area (Å²) in [5.41, 5.74) is 1.27. The fraction of sp³-hybridized carbons (Fsp3) is 0.600. The summed E-state index contributed by atoms with van der Waals surface area (Å²) < 4.78 is 25.0. The first-order valence-corrected chi connectivity index (χ1v) is 10.4. The van der Waals surface area contributed by atoms with Gasteiger partial charge in [0.25, 0.3) is 0 Å². The van der Waals surface area contributed by atoms with Gasteiger partial charge in [0.05, 0.1) is 9.64 Å². The van der Waals surface area contributed by atoms with Crippen molar-refractivity contribution in [2.75, 3.05) is 19.6 Å². The Balaban J connectivity index is 1.92. The molecule has 1 heterocycles. The minimum absolute atomic E-state index is 0.426. The van der Waals surface area contributed by atoms with Crippen LogP contribution in [0.5, 0.6) is 0 Å². The molecule has 1 aliphatic rings. The van der Waals surface area contributed by atoms with Crippen LogP contribution in [-0.4, -0.2) is 37.7 Å². The van der Waals surface area contributed by atoms with E-state index in [4.69, 9.17) is 0 Å². The summed E-state index contributed by atoms with van der Waals surface area (Å²) in [6.07, 6.45) is 4.03. The molecular weight excluding hydrogens is 318 g/mol. The molecule has 0 aromatic heterocycles. The van der Waals surface area contributed by atoms with Crippen LogP contribution in [0.2, 0.25) is 0 Å². The van der Waals surface area contributed by atoms with Crippen molar-refractivity contribution in [3.8, 4) is 0 Å². The summed E-state index contributed by atoms with van der Waals surface area (Å²) in [6, 6.07) is 8.81. The maximum absolute atomic E-state index is 12.9. The molecule has 1 aromatic carbocycles. The van der Waals surface area contributed by atoms with E-state index < -0.39 is 14.6 Å². The predicted octanol–water partition coefficient (Wildman–Crippen LogP) is 4.31. The number of sulfone groups is 1. The van der Waals surface area contributed by atoms with Crippen molar-refractivity contribution >= 4 is 9.84 Å². The predicted molar refractivity (Wildman–Crippen MR) is 101 cm³/mol. The first-order chi connectivity index (χ1) is 11.2. The van der Waals surface area contributed by atoms with E-state index in [1.54, 1.807) is 24.3 Å². The van der Waals surface area contributed by atoms with Gasteiger partial charge >= 0.3 is 0 Å². The zero-order valence-electron chi connectivity index (χ0n) is 15.3. The van der Waals surface area contributed by atoms with Gasteiger partial charge in [0.1, 0.15) is 0 Å². The van der Waals surface area contributed by atoms with E-state index in [9.17, 15) is 8.42 Å². The Bertz CT molecular complexity index is 649. The van der Waals surface area contributed by atoms with Crippen molar-refractivity contribution in [1.29, 1.82) is 0 Å². The van der Waals surface area contributed by atoms with E-state index in [2.05, 4.69) is 18.4 Å². The van der Waals surface area contributed by atoms with Gasteiger partial charge in [-0.2, -0.15) is 0 Å². The zero-order valence-corrected chi connectivity index (χ0v) is 16.1. The van der Waals surface area contributed by atoms with E-state index in [1.807, 2.05) is 19.9 Å². The summed E-state index contributed by atoms with van der Waals surface area (Å²) in [4.78, 5) is 2.89. The summed E-state index contributed by atoms with van der Waals surface area (Å²) in [7, 11) is -3.30. The Labute approximate surface area is 147 Å². The average molecular weight is 350 g/mol. The monoisotopic (exact) mass is 349 g/mol. The third kappa shape index (κ3) is 4.48. The first-order valence-electron chi connectivity index (χ1n) is 8.91. The van der Waals surface area contributed by atoms with Crippen LogP contribution in [0.4, 0.5) is 0 Å². The van der Waals surface area contributed by atoms with Gasteiger partial charge in [-0.05, 0) is 77.6 Å². The maximum Gasteiger partial charge on any atom is 0.183 e. The van der Waals surface area contributed by atoms with E-state index >= 15 is 0 Å². The lowest BCUT2D eigenvalue weighted by atomic mass is 9.92. The molecule has 4 heteroatoms. The van der Waals surface area contributed by atoms with Gasteiger partial charge in [-0.1, -0.05) is 30.4 Å². The van der Waals surface area contributed by atoms with Crippen molar-refractivity contribution in [3.05, 3.63) is 42.5 Å². The van der Waals surface area contributed by atoms with Crippen LogP contribution >= 0.6 is 0 Å². The zero-order chi connectivity index (χ0) is 17.8. The van der Waals surface area contributed by atoms with E-state index in [1.165, 1.54) is 18.4 Å². The number of nitrogens with zero attached hydrogens (tertiary/aromatic N) is 1. The topological polar surface area (TPSA) is 37.4 Å². The van der Waals surface area contributed by atoms with E-state index in [-0.39, 0.29) is 0 Å². The molecule has 1 fully saturated rings. The van der Waals surface area contributed by atoms with Gasteiger partial charge in [0.15, 0.2) is 9.84 Å². The van der Waals surface area contributed by atoms with Gasteiger partial charge in [-0.25, -0.2) is 8.42 Å². The highest BCUT2D eigenvalue weighted by Gasteiger charge is 2.35. The molecule has 24 heavy (non-hydrogen) atoms. The molecule has 0 spiro atoms. The number of likely N-dealkylation sites (tertiary alicyclic amines) is 1. The standard InChI is InChI=1S/C20H31NO2S/c1-17(2)18-10-8-14-21(16-18)15-9-13-20(3,4)24(22,23)19-11-6-5-7-12-19/h5-7,11-12,18H,1,8-10,13-16H2,2-4H3. The Hall–Kier alpha value is -1.13. The molecule has 1 aromatic rings. The lowest BCUT2D eigenvalue weighted by Gasteiger charge is -2.34. The normalized spacial score (nSPS) is 20.0. The molecule has 3 nitrogen and oxygen atoms in total. The van der Waals surface area contributed by atoms with Crippen LogP contribution in [0.25, 0.3) is 0 Å². The number of rotatable bonds is 7. The number of benzene rings is 1. The molecule has 0 amide bonds. The Morgan fingerprint density at radius 1 is 1.29 bits per heavy atom. The highest BCUT2D eigenvalue weighted by molar-refractivity contribution is 7.92. The van der Waals surface area contributed by atoms with E-state index in [0.717, 1.165) is 26.1 Å². The van der Waals surface area contributed by atoms with Gasteiger partial charge in [0.2, 0.25) is 0 Å². The van der Waals surface area contributed by atoms with Crippen molar-refractivity contribution in [2.45, 2.75) is 56.1 Å². The SMILES string of the molecule is C=C(C)C1CCCN(CCCC(C)(C)S(=O)(=O)c2ccccc2)C1. The molecule has 0 radical (unpaired) electrons. The maximum atomic E-state index is 12.9. The average Bonchev–Trinajstić information content (AvgIpc) is 2.55. The molecule has 1 atom stereocenters. The van der Waals surface area contributed by atoms with Gasteiger partial charge in [-0.3, -0.25) is 0 Å². The minimum atomic E-state index is -3.30. The first kappa shape index (κ1) is 19.2. The molecule has 0 saturated carbocycles. The fourth-order valence-corrected chi connectivity index (χ4v) is 5.01. The highest BCUT2D eigenvalue weighted by Crippen LogP contribution is 2.30. The Morgan fingerprint density at radius 2 is 1.96 bits per heavy atom. The summed E-state index contributed by atoms with van der Waals surface area (Å²) >= 11 is 0. The lowest BCUT2D eigenvalue weighted by Crippen LogP contribution is -2.38. The Kier molecular flexibility index (Phi) is 6.27. The third-order valence-electron chi connectivity index (χ3n) is 5.24. The second-order valence-corrected chi connectivity index (χ2v) is 10.2. The molecule has 134 valence electrons. The Morgan fingerprint density at radius 3 is 2.58 bits per heavy atom. The van der Waals surface area contributed by atoms with E-state index in [0.29, 0.717) is 17.2 Å². The van der Waals surface area contributed by atoms with Gasteiger partial charge in [-0.15, -0.1) is 0 Å².